The van der Waals surface area contributed by atoms with E-state index in [0.717, 1.165) is 32.1 Å². The van der Waals surface area contributed by atoms with Crippen molar-refractivity contribution in [2.75, 3.05) is 0 Å². The van der Waals surface area contributed by atoms with Gasteiger partial charge >= 0.3 is 0 Å². The highest BCUT2D eigenvalue weighted by Gasteiger charge is 2.30. The summed E-state index contributed by atoms with van der Waals surface area (Å²) in [5.74, 6) is 0.104. The average Bonchev–Trinajstić information content (AvgIpc) is 2.81. The summed E-state index contributed by atoms with van der Waals surface area (Å²) in [5.41, 5.74) is 7.34. The molecule has 3 N–H and O–H groups in total. The summed E-state index contributed by atoms with van der Waals surface area (Å²) < 4.78 is 0. The highest BCUT2D eigenvalue weighted by atomic mass is 32.1. The van der Waals surface area contributed by atoms with Gasteiger partial charge in [0.25, 0.3) is 0 Å². The zero-order valence-electron chi connectivity index (χ0n) is 11.7. The van der Waals surface area contributed by atoms with Crippen LogP contribution in [0.25, 0.3) is 0 Å². The minimum atomic E-state index is -0.259. The number of thiophene rings is 1. The van der Waals surface area contributed by atoms with Crippen LogP contribution >= 0.6 is 11.3 Å². The molecule has 1 amide bonds. The van der Waals surface area contributed by atoms with Gasteiger partial charge in [0.05, 0.1) is 0 Å². The van der Waals surface area contributed by atoms with Crippen molar-refractivity contribution in [1.82, 2.24) is 5.32 Å². The maximum atomic E-state index is 12.1. The van der Waals surface area contributed by atoms with Gasteiger partial charge in [0, 0.05) is 18.0 Å². The molecule has 4 heteroatoms. The quantitative estimate of drug-likeness (QED) is 0.871. The van der Waals surface area contributed by atoms with Crippen molar-refractivity contribution in [3.05, 3.63) is 22.4 Å². The van der Waals surface area contributed by atoms with Crippen LogP contribution in [0.15, 0.2) is 16.8 Å². The molecule has 0 bridgehead atoms. The van der Waals surface area contributed by atoms with E-state index in [1.807, 2.05) is 0 Å². The Hall–Kier alpha value is -0.870. The fourth-order valence-electron chi connectivity index (χ4n) is 2.89. The van der Waals surface area contributed by atoms with Gasteiger partial charge in [-0.2, -0.15) is 11.3 Å². The maximum Gasteiger partial charge on any atom is 0.222 e. The first-order valence-corrected chi connectivity index (χ1v) is 8.11. The Balaban J connectivity index is 1.77. The molecule has 1 unspecified atom stereocenters. The highest BCUT2D eigenvalue weighted by Crippen LogP contribution is 2.28. The van der Waals surface area contributed by atoms with E-state index < -0.39 is 0 Å². The lowest BCUT2D eigenvalue weighted by Gasteiger charge is -2.33. The first kappa shape index (κ1) is 14.5. The number of hydrogen-bond donors (Lipinski definition) is 2. The molecular formula is C15H24N2OS. The smallest absolute Gasteiger partial charge is 0.222 e. The number of hydrogen-bond acceptors (Lipinski definition) is 3. The fraction of sp³-hybridized carbons (Fsp3) is 0.667. The number of carbonyl (C=O) groups is 1. The Morgan fingerprint density at radius 2 is 2.21 bits per heavy atom. The van der Waals surface area contributed by atoms with Crippen molar-refractivity contribution in [3.63, 3.8) is 0 Å². The van der Waals surface area contributed by atoms with Crippen molar-refractivity contribution in [2.45, 2.75) is 63.5 Å². The van der Waals surface area contributed by atoms with Crippen LogP contribution < -0.4 is 11.1 Å². The zero-order chi connectivity index (χ0) is 13.7. The third kappa shape index (κ3) is 4.62. The van der Waals surface area contributed by atoms with E-state index in [1.54, 1.807) is 11.3 Å². The predicted molar refractivity (Wildman–Crippen MR) is 80.2 cm³/mol. The van der Waals surface area contributed by atoms with Gasteiger partial charge in [-0.15, -0.1) is 0 Å². The van der Waals surface area contributed by atoms with Gasteiger partial charge in [0.15, 0.2) is 0 Å². The zero-order valence-corrected chi connectivity index (χ0v) is 12.5. The van der Waals surface area contributed by atoms with Gasteiger partial charge in [0.1, 0.15) is 0 Å². The second kappa shape index (κ2) is 6.53. The van der Waals surface area contributed by atoms with Crippen molar-refractivity contribution in [3.8, 4) is 0 Å². The van der Waals surface area contributed by atoms with E-state index in [4.69, 9.17) is 5.73 Å². The molecule has 0 saturated heterocycles. The van der Waals surface area contributed by atoms with Crippen LogP contribution in [0.5, 0.6) is 0 Å². The Morgan fingerprint density at radius 3 is 2.84 bits per heavy atom. The topological polar surface area (TPSA) is 55.1 Å². The van der Waals surface area contributed by atoms with Gasteiger partial charge in [-0.1, -0.05) is 19.3 Å². The molecular weight excluding hydrogens is 256 g/mol. The van der Waals surface area contributed by atoms with Gasteiger partial charge < -0.3 is 11.1 Å². The molecule has 1 fully saturated rings. The van der Waals surface area contributed by atoms with Crippen LogP contribution in [0.4, 0.5) is 0 Å². The van der Waals surface area contributed by atoms with Crippen molar-refractivity contribution in [1.29, 1.82) is 0 Å². The lowest BCUT2D eigenvalue weighted by molar-refractivity contribution is -0.123. The molecule has 1 aliphatic carbocycles. The summed E-state index contributed by atoms with van der Waals surface area (Å²) in [6.45, 7) is 2.06. The number of rotatable bonds is 5. The summed E-state index contributed by atoms with van der Waals surface area (Å²) in [7, 11) is 0. The molecule has 0 aromatic carbocycles. The van der Waals surface area contributed by atoms with Crippen LogP contribution in [0.2, 0.25) is 0 Å². The summed E-state index contributed by atoms with van der Waals surface area (Å²) in [4.78, 5) is 12.1. The SMILES string of the molecule is CC(Cc1ccsc1)NC(=O)CC1(N)CCCCC1. The Kier molecular flexibility index (Phi) is 4.99. The average molecular weight is 280 g/mol. The lowest BCUT2D eigenvalue weighted by Crippen LogP contribution is -2.47. The molecule has 1 saturated carbocycles. The van der Waals surface area contributed by atoms with E-state index in [9.17, 15) is 4.79 Å². The highest BCUT2D eigenvalue weighted by molar-refractivity contribution is 7.07. The largest absolute Gasteiger partial charge is 0.353 e. The molecule has 0 spiro atoms. The van der Waals surface area contributed by atoms with Gasteiger partial charge in [-0.05, 0) is 48.6 Å². The van der Waals surface area contributed by atoms with E-state index in [0.29, 0.717) is 6.42 Å². The number of nitrogens with two attached hydrogens (primary N) is 1. The number of amides is 1. The lowest BCUT2D eigenvalue weighted by atomic mass is 9.80. The van der Waals surface area contributed by atoms with E-state index in [2.05, 4.69) is 29.1 Å². The molecule has 1 aliphatic rings. The van der Waals surface area contributed by atoms with Gasteiger partial charge in [-0.25, -0.2) is 0 Å². The molecule has 2 rings (SSSR count). The Morgan fingerprint density at radius 1 is 1.47 bits per heavy atom. The van der Waals surface area contributed by atoms with Crippen molar-refractivity contribution in [2.24, 2.45) is 5.73 Å². The number of carbonyl (C=O) groups excluding carboxylic acids is 1. The third-order valence-corrected chi connectivity index (χ3v) is 4.62. The molecule has 1 aromatic rings. The molecule has 0 radical (unpaired) electrons. The summed E-state index contributed by atoms with van der Waals surface area (Å²) in [6.07, 6.45) is 6.92. The minimum absolute atomic E-state index is 0.104. The second-order valence-corrected chi connectivity index (χ2v) is 6.68. The van der Waals surface area contributed by atoms with Gasteiger partial charge in [-0.3, -0.25) is 4.79 Å². The summed E-state index contributed by atoms with van der Waals surface area (Å²) in [6, 6.07) is 2.29. The molecule has 106 valence electrons. The molecule has 3 nitrogen and oxygen atoms in total. The van der Waals surface area contributed by atoms with Gasteiger partial charge in [0.2, 0.25) is 5.91 Å². The predicted octanol–water partition coefficient (Wildman–Crippen LogP) is 2.85. The third-order valence-electron chi connectivity index (χ3n) is 3.89. The van der Waals surface area contributed by atoms with E-state index >= 15 is 0 Å². The number of nitrogens with one attached hydrogen (secondary N) is 1. The second-order valence-electron chi connectivity index (χ2n) is 5.90. The monoisotopic (exact) mass is 280 g/mol. The summed E-state index contributed by atoms with van der Waals surface area (Å²) >= 11 is 1.70. The maximum absolute atomic E-state index is 12.1. The van der Waals surface area contributed by atoms with Crippen LogP contribution in [0.3, 0.4) is 0 Å². The first-order valence-electron chi connectivity index (χ1n) is 7.17. The van der Waals surface area contributed by atoms with Crippen LogP contribution in [-0.4, -0.2) is 17.5 Å². The standard InChI is InChI=1S/C15H24N2OS/c1-12(9-13-5-8-19-11-13)17-14(18)10-15(16)6-3-2-4-7-15/h5,8,11-12H,2-4,6-7,9-10,16H2,1H3,(H,17,18). The Labute approximate surface area is 119 Å². The first-order chi connectivity index (χ1) is 9.07. The van der Waals surface area contributed by atoms with E-state index in [1.165, 1.54) is 12.0 Å². The molecule has 1 aromatic heterocycles. The normalized spacial score (nSPS) is 19.9. The van der Waals surface area contributed by atoms with Crippen molar-refractivity contribution < 1.29 is 4.79 Å². The molecule has 1 atom stereocenters. The van der Waals surface area contributed by atoms with Crippen molar-refractivity contribution >= 4 is 17.2 Å². The van der Waals surface area contributed by atoms with E-state index in [-0.39, 0.29) is 17.5 Å². The van der Waals surface area contributed by atoms with Crippen LogP contribution in [-0.2, 0) is 11.2 Å². The summed E-state index contributed by atoms with van der Waals surface area (Å²) in [5, 5.41) is 7.28. The minimum Gasteiger partial charge on any atom is -0.353 e. The fourth-order valence-corrected chi connectivity index (χ4v) is 3.57. The molecule has 0 aliphatic heterocycles. The van der Waals surface area contributed by atoms with Crippen LogP contribution in [0, 0.1) is 0 Å². The Bertz CT molecular complexity index is 396. The van der Waals surface area contributed by atoms with Crippen LogP contribution in [0.1, 0.15) is 51.0 Å². The molecule has 19 heavy (non-hydrogen) atoms. The molecule has 1 heterocycles.